The Bertz CT molecular complexity index is 118. The standard InChI is InChI=1S/C11H25NO/c1-5-7-8-10(6-2)12-9-11(3,4)13/h10,12-13H,5-9H2,1-4H3. The average molecular weight is 187 g/mol. The van der Waals surface area contributed by atoms with Crippen LogP contribution in [-0.4, -0.2) is 23.3 Å². The molecule has 0 aliphatic rings. The molecule has 0 amide bonds. The Balaban J connectivity index is 3.59. The van der Waals surface area contributed by atoms with Crippen LogP contribution >= 0.6 is 0 Å². The van der Waals surface area contributed by atoms with Crippen molar-refractivity contribution >= 4 is 0 Å². The molecule has 0 aromatic carbocycles. The molecular formula is C11H25NO. The molecule has 0 heterocycles. The van der Waals surface area contributed by atoms with Gasteiger partial charge in [0.25, 0.3) is 0 Å². The molecule has 0 bridgehead atoms. The largest absolute Gasteiger partial charge is 0.389 e. The van der Waals surface area contributed by atoms with E-state index in [9.17, 15) is 5.11 Å². The lowest BCUT2D eigenvalue weighted by Gasteiger charge is -2.23. The first-order valence-electron chi connectivity index (χ1n) is 5.45. The van der Waals surface area contributed by atoms with Crippen LogP contribution in [0.25, 0.3) is 0 Å². The second-order valence-corrected chi connectivity index (χ2v) is 4.44. The number of rotatable bonds is 7. The summed E-state index contributed by atoms with van der Waals surface area (Å²) in [5.41, 5.74) is -0.584. The molecular weight excluding hydrogens is 162 g/mol. The summed E-state index contributed by atoms with van der Waals surface area (Å²) in [5, 5.41) is 12.9. The van der Waals surface area contributed by atoms with Gasteiger partial charge in [0, 0.05) is 12.6 Å². The molecule has 0 aliphatic carbocycles. The maximum absolute atomic E-state index is 9.52. The van der Waals surface area contributed by atoms with Gasteiger partial charge in [-0.05, 0) is 26.7 Å². The zero-order valence-electron chi connectivity index (χ0n) is 9.56. The van der Waals surface area contributed by atoms with Crippen molar-refractivity contribution in [1.29, 1.82) is 0 Å². The molecule has 0 spiro atoms. The van der Waals surface area contributed by atoms with Crippen molar-refractivity contribution in [2.75, 3.05) is 6.54 Å². The van der Waals surface area contributed by atoms with Crippen LogP contribution in [0, 0.1) is 0 Å². The van der Waals surface area contributed by atoms with Gasteiger partial charge >= 0.3 is 0 Å². The fraction of sp³-hybridized carbons (Fsp3) is 1.00. The van der Waals surface area contributed by atoms with Crippen molar-refractivity contribution in [3.8, 4) is 0 Å². The molecule has 1 atom stereocenters. The molecule has 2 heteroatoms. The Morgan fingerprint density at radius 1 is 1.31 bits per heavy atom. The maximum Gasteiger partial charge on any atom is 0.0715 e. The topological polar surface area (TPSA) is 32.3 Å². The summed E-state index contributed by atoms with van der Waals surface area (Å²) in [6.45, 7) is 8.77. The predicted molar refractivity (Wildman–Crippen MR) is 57.9 cm³/mol. The van der Waals surface area contributed by atoms with Gasteiger partial charge in [-0.15, -0.1) is 0 Å². The Kier molecular flexibility index (Phi) is 6.35. The zero-order valence-corrected chi connectivity index (χ0v) is 9.56. The lowest BCUT2D eigenvalue weighted by Crippen LogP contribution is -2.40. The van der Waals surface area contributed by atoms with E-state index in [0.717, 1.165) is 6.42 Å². The first kappa shape index (κ1) is 12.9. The van der Waals surface area contributed by atoms with Crippen molar-refractivity contribution in [3.63, 3.8) is 0 Å². The van der Waals surface area contributed by atoms with E-state index in [1.165, 1.54) is 19.3 Å². The zero-order chi connectivity index (χ0) is 10.3. The first-order valence-corrected chi connectivity index (χ1v) is 5.45. The quantitative estimate of drug-likeness (QED) is 0.641. The predicted octanol–water partition coefficient (Wildman–Crippen LogP) is 2.32. The van der Waals surface area contributed by atoms with E-state index in [2.05, 4.69) is 19.2 Å². The summed E-state index contributed by atoms with van der Waals surface area (Å²) in [5.74, 6) is 0. The maximum atomic E-state index is 9.52. The van der Waals surface area contributed by atoms with E-state index in [4.69, 9.17) is 0 Å². The second kappa shape index (κ2) is 6.39. The minimum atomic E-state index is -0.584. The van der Waals surface area contributed by atoms with Gasteiger partial charge in [0.15, 0.2) is 0 Å². The van der Waals surface area contributed by atoms with Crippen LogP contribution in [0.2, 0.25) is 0 Å². The van der Waals surface area contributed by atoms with Crippen molar-refractivity contribution in [1.82, 2.24) is 5.32 Å². The molecule has 0 fully saturated rings. The van der Waals surface area contributed by atoms with E-state index < -0.39 is 5.60 Å². The van der Waals surface area contributed by atoms with E-state index in [1.54, 1.807) is 0 Å². The third-order valence-corrected chi connectivity index (χ3v) is 2.22. The Labute approximate surface area is 82.7 Å². The highest BCUT2D eigenvalue weighted by Gasteiger charge is 2.14. The van der Waals surface area contributed by atoms with Crippen molar-refractivity contribution in [2.45, 2.75) is 65.0 Å². The molecule has 0 aliphatic heterocycles. The van der Waals surface area contributed by atoms with Gasteiger partial charge in [0.1, 0.15) is 0 Å². The minimum Gasteiger partial charge on any atom is -0.389 e. The lowest BCUT2D eigenvalue weighted by molar-refractivity contribution is 0.0757. The molecule has 13 heavy (non-hydrogen) atoms. The first-order chi connectivity index (χ1) is 5.99. The molecule has 2 N–H and O–H groups in total. The third kappa shape index (κ3) is 8.26. The number of aliphatic hydroxyl groups is 1. The fourth-order valence-electron chi connectivity index (χ4n) is 1.30. The normalized spacial score (nSPS) is 14.5. The van der Waals surface area contributed by atoms with Crippen LogP contribution < -0.4 is 5.32 Å². The van der Waals surface area contributed by atoms with Crippen LogP contribution in [-0.2, 0) is 0 Å². The van der Waals surface area contributed by atoms with Gasteiger partial charge < -0.3 is 10.4 Å². The number of nitrogens with one attached hydrogen (secondary N) is 1. The van der Waals surface area contributed by atoms with Crippen LogP contribution in [0.1, 0.15) is 53.4 Å². The van der Waals surface area contributed by atoms with Crippen LogP contribution in [0.15, 0.2) is 0 Å². The molecule has 0 aromatic rings. The van der Waals surface area contributed by atoms with Gasteiger partial charge in [0.2, 0.25) is 0 Å². The number of hydrogen-bond acceptors (Lipinski definition) is 2. The third-order valence-electron chi connectivity index (χ3n) is 2.22. The molecule has 0 saturated heterocycles. The summed E-state index contributed by atoms with van der Waals surface area (Å²) in [6, 6.07) is 0.575. The van der Waals surface area contributed by atoms with Crippen molar-refractivity contribution in [2.24, 2.45) is 0 Å². The second-order valence-electron chi connectivity index (χ2n) is 4.44. The number of unbranched alkanes of at least 4 members (excludes halogenated alkanes) is 1. The highest BCUT2D eigenvalue weighted by Crippen LogP contribution is 2.06. The molecule has 0 rings (SSSR count). The van der Waals surface area contributed by atoms with E-state index >= 15 is 0 Å². The molecule has 0 radical (unpaired) electrons. The van der Waals surface area contributed by atoms with E-state index in [-0.39, 0.29) is 0 Å². The van der Waals surface area contributed by atoms with Crippen molar-refractivity contribution < 1.29 is 5.11 Å². The average Bonchev–Trinajstić information content (AvgIpc) is 2.03. The Hall–Kier alpha value is -0.0800. The van der Waals surface area contributed by atoms with E-state index in [1.807, 2.05) is 13.8 Å². The molecule has 2 nitrogen and oxygen atoms in total. The van der Waals surface area contributed by atoms with Crippen LogP contribution in [0.3, 0.4) is 0 Å². The van der Waals surface area contributed by atoms with Gasteiger partial charge in [0.05, 0.1) is 5.60 Å². The van der Waals surface area contributed by atoms with Crippen molar-refractivity contribution in [3.05, 3.63) is 0 Å². The highest BCUT2D eigenvalue weighted by atomic mass is 16.3. The minimum absolute atomic E-state index is 0.575. The summed E-state index contributed by atoms with van der Waals surface area (Å²) in [7, 11) is 0. The van der Waals surface area contributed by atoms with Gasteiger partial charge in [-0.3, -0.25) is 0 Å². The molecule has 0 aromatic heterocycles. The van der Waals surface area contributed by atoms with Gasteiger partial charge in [-0.2, -0.15) is 0 Å². The van der Waals surface area contributed by atoms with Gasteiger partial charge in [-0.1, -0.05) is 26.7 Å². The molecule has 1 unspecified atom stereocenters. The van der Waals surface area contributed by atoms with Crippen LogP contribution in [0.4, 0.5) is 0 Å². The van der Waals surface area contributed by atoms with Crippen LogP contribution in [0.5, 0.6) is 0 Å². The number of hydrogen-bond donors (Lipinski definition) is 2. The fourth-order valence-corrected chi connectivity index (χ4v) is 1.30. The lowest BCUT2D eigenvalue weighted by atomic mass is 10.1. The van der Waals surface area contributed by atoms with E-state index in [0.29, 0.717) is 12.6 Å². The molecule has 80 valence electrons. The SMILES string of the molecule is CCCCC(CC)NCC(C)(C)O. The van der Waals surface area contributed by atoms with Gasteiger partial charge in [-0.25, -0.2) is 0 Å². The molecule has 0 saturated carbocycles. The smallest absolute Gasteiger partial charge is 0.0715 e. The Morgan fingerprint density at radius 2 is 1.92 bits per heavy atom. The Morgan fingerprint density at radius 3 is 2.31 bits per heavy atom. The summed E-state index contributed by atoms with van der Waals surface area (Å²) in [4.78, 5) is 0. The summed E-state index contributed by atoms with van der Waals surface area (Å²) < 4.78 is 0. The summed E-state index contributed by atoms with van der Waals surface area (Å²) in [6.07, 6.45) is 4.90. The summed E-state index contributed by atoms with van der Waals surface area (Å²) >= 11 is 0. The highest BCUT2D eigenvalue weighted by molar-refractivity contribution is 4.73. The monoisotopic (exact) mass is 187 g/mol.